The van der Waals surface area contributed by atoms with Gasteiger partial charge in [0, 0.05) is 12.8 Å². The third kappa shape index (κ3) is 4.16. The largest absolute Gasteiger partial charge is 0.481 e. The number of hydrogen-bond donors (Lipinski definition) is 2. The maximum Gasteiger partial charge on any atom is 0.370 e. The molecule has 0 saturated carbocycles. The minimum atomic E-state index is -1.39. The summed E-state index contributed by atoms with van der Waals surface area (Å²) < 4.78 is 0. The first kappa shape index (κ1) is 12.9. The topological polar surface area (TPSA) is 99.7 Å². The van der Waals surface area contributed by atoms with Crippen LogP contribution in [0.2, 0.25) is 0 Å². The number of carbonyl (C=O) groups is 2. The van der Waals surface area contributed by atoms with E-state index in [9.17, 15) is 9.59 Å². The number of carboxylic acids is 2. The summed E-state index contributed by atoms with van der Waals surface area (Å²) in [5.41, 5.74) is 0. The van der Waals surface area contributed by atoms with Crippen molar-refractivity contribution in [2.45, 2.75) is 50.7 Å². The Bertz CT molecular complexity index is 258. The molecule has 6 nitrogen and oxygen atoms in total. The lowest BCUT2D eigenvalue weighted by atomic mass is 10.1. The first-order chi connectivity index (χ1) is 7.57. The maximum atomic E-state index is 10.6. The van der Waals surface area contributed by atoms with E-state index in [2.05, 4.69) is 9.78 Å². The highest BCUT2D eigenvalue weighted by Crippen LogP contribution is 2.35. The van der Waals surface area contributed by atoms with Crippen LogP contribution in [0.3, 0.4) is 0 Å². The van der Waals surface area contributed by atoms with Crippen molar-refractivity contribution in [3.05, 3.63) is 0 Å². The molecule has 0 spiro atoms. The molecule has 1 saturated heterocycles. The first-order valence-corrected chi connectivity index (χ1v) is 5.39. The number of hydrogen-bond acceptors (Lipinski definition) is 4. The molecule has 2 N–H and O–H groups in total. The Kier molecular flexibility index (Phi) is 4.70. The molecule has 0 atom stereocenters. The lowest BCUT2D eigenvalue weighted by molar-refractivity contribution is -0.144. The third-order valence-corrected chi connectivity index (χ3v) is 2.51. The second kappa shape index (κ2) is 5.81. The van der Waals surface area contributed by atoms with Gasteiger partial charge in [-0.15, -0.1) is 0 Å². The average molecular weight is 232 g/mol. The van der Waals surface area contributed by atoms with E-state index in [1.807, 2.05) is 0 Å². The molecule has 0 aromatic heterocycles. The van der Waals surface area contributed by atoms with E-state index < -0.39 is 17.7 Å². The summed E-state index contributed by atoms with van der Waals surface area (Å²) in [5.74, 6) is -3.25. The van der Waals surface area contributed by atoms with Gasteiger partial charge in [0.1, 0.15) is 0 Å². The van der Waals surface area contributed by atoms with Gasteiger partial charge in [0.2, 0.25) is 0 Å². The standard InChI is InChI=1S/C10H16O6/c11-8(12)6-4-2-1-3-5-7-10(9(13)14)15-16-10/h1-7H2,(H,11,12)(H,13,14). The van der Waals surface area contributed by atoms with Crippen LogP contribution in [0, 0.1) is 0 Å². The molecule has 0 radical (unpaired) electrons. The van der Waals surface area contributed by atoms with Crippen molar-refractivity contribution in [3.8, 4) is 0 Å². The number of unbranched alkanes of at least 4 members (excludes halogenated alkanes) is 4. The van der Waals surface area contributed by atoms with Crippen molar-refractivity contribution < 1.29 is 29.6 Å². The molecular weight excluding hydrogens is 216 g/mol. The van der Waals surface area contributed by atoms with Gasteiger partial charge in [0.15, 0.2) is 0 Å². The Balaban J connectivity index is 1.93. The zero-order valence-electron chi connectivity index (χ0n) is 8.98. The van der Waals surface area contributed by atoms with E-state index >= 15 is 0 Å². The summed E-state index contributed by atoms with van der Waals surface area (Å²) in [6.45, 7) is 0. The number of aliphatic carboxylic acids is 2. The second-order valence-electron chi connectivity index (χ2n) is 3.89. The maximum absolute atomic E-state index is 10.6. The third-order valence-electron chi connectivity index (χ3n) is 2.51. The quantitative estimate of drug-likeness (QED) is 0.355. The summed E-state index contributed by atoms with van der Waals surface area (Å²) in [6, 6.07) is 0. The fourth-order valence-electron chi connectivity index (χ4n) is 1.48. The minimum Gasteiger partial charge on any atom is -0.481 e. The smallest absolute Gasteiger partial charge is 0.370 e. The van der Waals surface area contributed by atoms with E-state index in [0.29, 0.717) is 19.3 Å². The van der Waals surface area contributed by atoms with Gasteiger partial charge in [-0.1, -0.05) is 19.3 Å². The van der Waals surface area contributed by atoms with Gasteiger partial charge in [-0.05, 0) is 12.8 Å². The molecule has 1 aliphatic heterocycles. The minimum absolute atomic E-state index is 0.200. The van der Waals surface area contributed by atoms with E-state index in [1.54, 1.807) is 0 Å². The van der Waals surface area contributed by atoms with Crippen LogP contribution in [0.15, 0.2) is 0 Å². The molecule has 0 aliphatic carbocycles. The van der Waals surface area contributed by atoms with E-state index in [4.69, 9.17) is 10.2 Å². The summed E-state index contributed by atoms with van der Waals surface area (Å²) in [4.78, 5) is 29.7. The predicted molar refractivity (Wildman–Crippen MR) is 52.5 cm³/mol. The molecule has 0 unspecified atom stereocenters. The summed E-state index contributed by atoms with van der Waals surface area (Å²) in [6.07, 6.45) is 4.55. The highest BCUT2D eigenvalue weighted by molar-refractivity contribution is 5.76. The van der Waals surface area contributed by atoms with Gasteiger partial charge in [0.05, 0.1) is 0 Å². The Morgan fingerprint density at radius 3 is 2.00 bits per heavy atom. The number of carboxylic acid groups (broad SMARTS) is 2. The summed E-state index contributed by atoms with van der Waals surface area (Å²) in [7, 11) is 0. The summed E-state index contributed by atoms with van der Waals surface area (Å²) >= 11 is 0. The zero-order valence-corrected chi connectivity index (χ0v) is 8.98. The van der Waals surface area contributed by atoms with E-state index in [0.717, 1.165) is 19.3 Å². The zero-order chi connectivity index (χ0) is 12.0. The Hall–Kier alpha value is -1.14. The fourth-order valence-corrected chi connectivity index (χ4v) is 1.48. The monoisotopic (exact) mass is 232 g/mol. The molecular formula is C10H16O6. The Morgan fingerprint density at radius 2 is 1.50 bits per heavy atom. The Labute approximate surface area is 93.1 Å². The van der Waals surface area contributed by atoms with Gasteiger partial charge in [-0.25, -0.2) is 4.79 Å². The van der Waals surface area contributed by atoms with E-state index in [1.165, 1.54) is 0 Å². The van der Waals surface area contributed by atoms with Crippen molar-refractivity contribution in [1.82, 2.24) is 0 Å². The summed E-state index contributed by atoms with van der Waals surface area (Å²) in [5, 5.41) is 17.1. The highest BCUT2D eigenvalue weighted by atomic mass is 17.4. The van der Waals surface area contributed by atoms with Crippen LogP contribution < -0.4 is 0 Å². The highest BCUT2D eigenvalue weighted by Gasteiger charge is 2.56. The van der Waals surface area contributed by atoms with Crippen LogP contribution in [0.5, 0.6) is 0 Å². The molecule has 0 bridgehead atoms. The van der Waals surface area contributed by atoms with Gasteiger partial charge in [0.25, 0.3) is 0 Å². The van der Waals surface area contributed by atoms with Crippen LogP contribution in [-0.4, -0.2) is 27.9 Å². The van der Waals surface area contributed by atoms with Crippen LogP contribution in [-0.2, 0) is 19.4 Å². The van der Waals surface area contributed by atoms with Gasteiger partial charge in [-0.2, -0.15) is 9.78 Å². The van der Waals surface area contributed by atoms with Crippen LogP contribution in [0.1, 0.15) is 44.9 Å². The molecule has 1 heterocycles. The van der Waals surface area contributed by atoms with Crippen molar-refractivity contribution >= 4 is 11.9 Å². The molecule has 0 aromatic carbocycles. The van der Waals surface area contributed by atoms with Gasteiger partial charge >= 0.3 is 17.7 Å². The second-order valence-corrected chi connectivity index (χ2v) is 3.89. The van der Waals surface area contributed by atoms with Crippen LogP contribution in [0.25, 0.3) is 0 Å². The van der Waals surface area contributed by atoms with Crippen molar-refractivity contribution in [1.29, 1.82) is 0 Å². The first-order valence-electron chi connectivity index (χ1n) is 5.39. The molecule has 1 aliphatic rings. The molecule has 1 rings (SSSR count). The molecule has 6 heteroatoms. The SMILES string of the molecule is O=C(O)CCCCCCCC1(C(=O)O)OO1. The molecule has 16 heavy (non-hydrogen) atoms. The van der Waals surface area contributed by atoms with Crippen molar-refractivity contribution in [3.63, 3.8) is 0 Å². The molecule has 0 amide bonds. The van der Waals surface area contributed by atoms with E-state index in [-0.39, 0.29) is 6.42 Å². The average Bonchev–Trinajstić information content (AvgIpc) is 2.97. The molecule has 0 aromatic rings. The normalized spacial score (nSPS) is 17.0. The Morgan fingerprint density at radius 1 is 0.938 bits per heavy atom. The van der Waals surface area contributed by atoms with Crippen LogP contribution in [0.4, 0.5) is 0 Å². The van der Waals surface area contributed by atoms with Crippen molar-refractivity contribution in [2.24, 2.45) is 0 Å². The lowest BCUT2D eigenvalue weighted by Crippen LogP contribution is -2.23. The lowest BCUT2D eigenvalue weighted by Gasteiger charge is -2.02. The predicted octanol–water partition coefficient (Wildman–Crippen LogP) is 1.54. The van der Waals surface area contributed by atoms with Crippen molar-refractivity contribution in [2.75, 3.05) is 0 Å². The molecule has 1 fully saturated rings. The molecule has 92 valence electrons. The fraction of sp³-hybridized carbons (Fsp3) is 0.800. The van der Waals surface area contributed by atoms with Crippen LogP contribution >= 0.6 is 0 Å². The van der Waals surface area contributed by atoms with Gasteiger partial charge in [-0.3, -0.25) is 4.79 Å². The number of rotatable bonds is 9. The van der Waals surface area contributed by atoms with Gasteiger partial charge < -0.3 is 10.2 Å².